The number of carbonyl (C=O) groups is 1. The summed E-state index contributed by atoms with van der Waals surface area (Å²) < 4.78 is 2.06. The van der Waals surface area contributed by atoms with Gasteiger partial charge in [-0.05, 0) is 38.7 Å². The number of hydrogen-bond donors (Lipinski definition) is 0. The number of nitrogens with zero attached hydrogens (tertiary/aromatic N) is 2. The SMILES string of the molecule is CCC(CC)n1ccc(CC2(C(C)=O)CC2)n1. The average molecular weight is 234 g/mol. The molecule has 0 radical (unpaired) electrons. The maximum Gasteiger partial charge on any atom is 0.136 e. The second-order valence-electron chi connectivity index (χ2n) is 5.27. The predicted molar refractivity (Wildman–Crippen MR) is 67.9 cm³/mol. The van der Waals surface area contributed by atoms with Crippen LogP contribution in [0, 0.1) is 5.41 Å². The zero-order valence-electron chi connectivity index (χ0n) is 11.1. The lowest BCUT2D eigenvalue weighted by Gasteiger charge is -2.13. The Morgan fingerprint density at radius 1 is 1.47 bits per heavy atom. The quantitative estimate of drug-likeness (QED) is 0.757. The first-order chi connectivity index (χ1) is 8.11. The van der Waals surface area contributed by atoms with E-state index in [9.17, 15) is 4.79 Å². The Kier molecular flexibility index (Phi) is 3.36. The van der Waals surface area contributed by atoms with E-state index >= 15 is 0 Å². The largest absolute Gasteiger partial charge is 0.299 e. The summed E-state index contributed by atoms with van der Waals surface area (Å²) in [4.78, 5) is 11.6. The van der Waals surface area contributed by atoms with E-state index in [4.69, 9.17) is 0 Å². The van der Waals surface area contributed by atoms with Crippen LogP contribution >= 0.6 is 0 Å². The second-order valence-corrected chi connectivity index (χ2v) is 5.27. The maximum atomic E-state index is 11.6. The molecular weight excluding hydrogens is 212 g/mol. The summed E-state index contributed by atoms with van der Waals surface area (Å²) in [6.07, 6.45) is 7.18. The molecule has 1 saturated carbocycles. The van der Waals surface area contributed by atoms with Gasteiger partial charge in [0.05, 0.1) is 11.7 Å². The summed E-state index contributed by atoms with van der Waals surface area (Å²) in [6, 6.07) is 2.57. The molecule has 2 rings (SSSR count). The number of rotatable bonds is 6. The molecule has 1 aliphatic carbocycles. The fourth-order valence-corrected chi connectivity index (χ4v) is 2.49. The molecule has 0 N–H and O–H groups in total. The van der Waals surface area contributed by atoms with Crippen molar-refractivity contribution in [2.45, 2.75) is 58.9 Å². The molecule has 0 saturated heterocycles. The number of ketones is 1. The van der Waals surface area contributed by atoms with Crippen LogP contribution in [0.4, 0.5) is 0 Å². The molecule has 17 heavy (non-hydrogen) atoms. The maximum absolute atomic E-state index is 11.6. The van der Waals surface area contributed by atoms with Crippen molar-refractivity contribution in [1.29, 1.82) is 0 Å². The standard InChI is InChI=1S/C14H22N2O/c1-4-13(5-2)16-9-6-12(15-16)10-14(7-8-14)11(3)17/h6,9,13H,4-5,7-8,10H2,1-3H3. The Bertz CT molecular complexity index is 400. The Balaban J connectivity index is 2.06. The Labute approximate surface area is 103 Å². The lowest BCUT2D eigenvalue weighted by atomic mass is 9.96. The van der Waals surface area contributed by atoms with E-state index in [2.05, 4.69) is 35.9 Å². The van der Waals surface area contributed by atoms with Crippen LogP contribution < -0.4 is 0 Å². The van der Waals surface area contributed by atoms with Crippen LogP contribution in [0.15, 0.2) is 12.3 Å². The summed E-state index contributed by atoms with van der Waals surface area (Å²) in [6.45, 7) is 6.09. The lowest BCUT2D eigenvalue weighted by molar-refractivity contribution is -0.122. The van der Waals surface area contributed by atoms with Crippen molar-refractivity contribution < 1.29 is 4.79 Å². The molecule has 1 fully saturated rings. The molecule has 3 nitrogen and oxygen atoms in total. The summed E-state index contributed by atoms with van der Waals surface area (Å²) in [5.74, 6) is 0.328. The summed E-state index contributed by atoms with van der Waals surface area (Å²) in [5.41, 5.74) is 1.01. The van der Waals surface area contributed by atoms with Gasteiger partial charge in [-0.1, -0.05) is 13.8 Å². The van der Waals surface area contributed by atoms with Gasteiger partial charge in [0, 0.05) is 18.0 Å². The van der Waals surface area contributed by atoms with Crippen molar-refractivity contribution in [1.82, 2.24) is 9.78 Å². The molecule has 0 bridgehead atoms. The van der Waals surface area contributed by atoms with Crippen LogP contribution in [0.5, 0.6) is 0 Å². The van der Waals surface area contributed by atoms with Gasteiger partial charge in [0.15, 0.2) is 0 Å². The highest BCUT2D eigenvalue weighted by Gasteiger charge is 2.47. The van der Waals surface area contributed by atoms with E-state index in [0.717, 1.165) is 37.8 Å². The Hall–Kier alpha value is -1.12. The van der Waals surface area contributed by atoms with E-state index in [-0.39, 0.29) is 5.41 Å². The smallest absolute Gasteiger partial charge is 0.136 e. The normalized spacial score (nSPS) is 17.4. The second kappa shape index (κ2) is 4.63. The summed E-state index contributed by atoms with van der Waals surface area (Å²) in [5, 5.41) is 4.62. The monoisotopic (exact) mass is 234 g/mol. The molecule has 3 heteroatoms. The fraction of sp³-hybridized carbons (Fsp3) is 0.714. The average Bonchev–Trinajstić information content (AvgIpc) is 2.94. The predicted octanol–water partition coefficient (Wildman–Crippen LogP) is 3.16. The molecule has 0 unspecified atom stereocenters. The number of carbonyl (C=O) groups excluding carboxylic acids is 1. The molecule has 0 aromatic carbocycles. The van der Waals surface area contributed by atoms with Crippen molar-refractivity contribution in [3.63, 3.8) is 0 Å². The molecule has 0 atom stereocenters. The fourth-order valence-electron chi connectivity index (χ4n) is 2.49. The minimum atomic E-state index is -0.0624. The number of aromatic nitrogens is 2. The first-order valence-electron chi connectivity index (χ1n) is 6.66. The third-order valence-electron chi connectivity index (χ3n) is 4.10. The Morgan fingerprint density at radius 2 is 2.12 bits per heavy atom. The van der Waals surface area contributed by atoms with Gasteiger partial charge in [0.2, 0.25) is 0 Å². The van der Waals surface area contributed by atoms with Gasteiger partial charge in [0.25, 0.3) is 0 Å². The number of hydrogen-bond acceptors (Lipinski definition) is 2. The summed E-state index contributed by atoms with van der Waals surface area (Å²) in [7, 11) is 0. The van der Waals surface area contributed by atoms with Crippen molar-refractivity contribution in [3.8, 4) is 0 Å². The van der Waals surface area contributed by atoms with Gasteiger partial charge in [-0.15, -0.1) is 0 Å². The zero-order valence-corrected chi connectivity index (χ0v) is 11.1. The minimum absolute atomic E-state index is 0.0624. The molecule has 94 valence electrons. The molecule has 0 spiro atoms. The van der Waals surface area contributed by atoms with Crippen LogP contribution in [-0.4, -0.2) is 15.6 Å². The highest BCUT2D eigenvalue weighted by atomic mass is 16.1. The van der Waals surface area contributed by atoms with Gasteiger partial charge in [-0.2, -0.15) is 5.10 Å². The van der Waals surface area contributed by atoms with E-state index < -0.39 is 0 Å². The van der Waals surface area contributed by atoms with Crippen LogP contribution in [0.3, 0.4) is 0 Å². The van der Waals surface area contributed by atoms with Crippen molar-refractivity contribution in [2.24, 2.45) is 5.41 Å². The van der Waals surface area contributed by atoms with Gasteiger partial charge in [-0.3, -0.25) is 9.48 Å². The third kappa shape index (κ3) is 2.43. The highest BCUT2D eigenvalue weighted by Crippen LogP contribution is 2.48. The lowest BCUT2D eigenvalue weighted by Crippen LogP contribution is -2.16. The molecule has 0 amide bonds. The third-order valence-corrected chi connectivity index (χ3v) is 4.10. The van der Waals surface area contributed by atoms with Gasteiger partial charge >= 0.3 is 0 Å². The topological polar surface area (TPSA) is 34.9 Å². The first-order valence-corrected chi connectivity index (χ1v) is 6.66. The van der Waals surface area contributed by atoms with E-state index in [1.54, 1.807) is 6.92 Å². The molecule has 1 heterocycles. The van der Waals surface area contributed by atoms with Crippen molar-refractivity contribution in [2.75, 3.05) is 0 Å². The van der Waals surface area contributed by atoms with Crippen molar-refractivity contribution in [3.05, 3.63) is 18.0 Å². The minimum Gasteiger partial charge on any atom is -0.299 e. The molecule has 0 aliphatic heterocycles. The van der Waals surface area contributed by atoms with Crippen molar-refractivity contribution >= 4 is 5.78 Å². The van der Waals surface area contributed by atoms with E-state index in [1.807, 2.05) is 0 Å². The van der Waals surface area contributed by atoms with Gasteiger partial charge in [-0.25, -0.2) is 0 Å². The van der Waals surface area contributed by atoms with Crippen LogP contribution in [0.2, 0.25) is 0 Å². The van der Waals surface area contributed by atoms with E-state index in [0.29, 0.717) is 11.8 Å². The molecule has 1 aromatic heterocycles. The first kappa shape index (κ1) is 12.3. The van der Waals surface area contributed by atoms with Gasteiger partial charge in [0.1, 0.15) is 5.78 Å². The van der Waals surface area contributed by atoms with E-state index in [1.165, 1.54) is 0 Å². The Morgan fingerprint density at radius 3 is 2.59 bits per heavy atom. The highest BCUT2D eigenvalue weighted by molar-refractivity contribution is 5.85. The van der Waals surface area contributed by atoms with Gasteiger partial charge < -0.3 is 0 Å². The number of Topliss-reactive ketones (excluding diaryl/α,β-unsaturated/α-hetero) is 1. The van der Waals surface area contributed by atoms with Crippen LogP contribution in [0.25, 0.3) is 0 Å². The molecular formula is C14H22N2O. The molecule has 1 aromatic rings. The summed E-state index contributed by atoms with van der Waals surface area (Å²) >= 11 is 0. The van der Waals surface area contributed by atoms with Crippen LogP contribution in [-0.2, 0) is 11.2 Å². The zero-order chi connectivity index (χ0) is 12.5. The van der Waals surface area contributed by atoms with Crippen LogP contribution in [0.1, 0.15) is 58.2 Å². The molecule has 1 aliphatic rings.